The zero-order valence-electron chi connectivity index (χ0n) is 5.06. The fourth-order valence-electron chi connectivity index (χ4n) is 0.247. The third kappa shape index (κ3) is 1.88. The summed E-state index contributed by atoms with van der Waals surface area (Å²) in [6.07, 6.45) is 0. The van der Waals surface area contributed by atoms with Gasteiger partial charge in [0.25, 0.3) is 0 Å². The van der Waals surface area contributed by atoms with Gasteiger partial charge < -0.3 is 10.3 Å². The second-order valence-electron chi connectivity index (χ2n) is 1.67. The standard InChI is InChI=1S/C3H5F4NO2S/c4-2(5,1-8)3(6,7)11(9)10/h1,8H2,(H,9,10). The lowest BCUT2D eigenvalue weighted by Gasteiger charge is -2.21. The maximum absolute atomic E-state index is 12.0. The first kappa shape index (κ1) is 10.8. The van der Waals surface area contributed by atoms with E-state index in [4.69, 9.17) is 4.55 Å². The molecule has 0 aromatic heterocycles. The smallest absolute Gasteiger partial charge is 0.325 e. The van der Waals surface area contributed by atoms with Crippen molar-refractivity contribution < 1.29 is 26.3 Å². The van der Waals surface area contributed by atoms with Crippen LogP contribution >= 0.6 is 0 Å². The number of halogens is 4. The van der Waals surface area contributed by atoms with Crippen LogP contribution in [-0.2, 0) is 11.1 Å². The molecule has 0 rings (SSSR count). The molecule has 68 valence electrons. The van der Waals surface area contributed by atoms with E-state index in [1.807, 2.05) is 0 Å². The van der Waals surface area contributed by atoms with E-state index in [-0.39, 0.29) is 0 Å². The van der Waals surface area contributed by atoms with Crippen LogP contribution in [0.2, 0.25) is 0 Å². The first-order chi connectivity index (χ1) is 4.75. The number of rotatable bonds is 3. The lowest BCUT2D eigenvalue weighted by molar-refractivity contribution is -0.149. The summed E-state index contributed by atoms with van der Waals surface area (Å²) in [5.74, 6) is -4.65. The van der Waals surface area contributed by atoms with Gasteiger partial charge in [-0.3, -0.25) is 0 Å². The predicted octanol–water partition coefficient (Wildman–Crippen LogP) is 0.395. The highest BCUT2D eigenvalue weighted by molar-refractivity contribution is 7.80. The van der Waals surface area contributed by atoms with Gasteiger partial charge in [0.1, 0.15) is 0 Å². The van der Waals surface area contributed by atoms with Gasteiger partial charge in [0, 0.05) is 0 Å². The Labute approximate surface area is 61.8 Å². The average Bonchev–Trinajstić information content (AvgIpc) is 1.87. The van der Waals surface area contributed by atoms with Crippen LogP contribution in [0.3, 0.4) is 0 Å². The van der Waals surface area contributed by atoms with Crippen molar-refractivity contribution in [2.75, 3.05) is 6.54 Å². The molecular weight excluding hydrogens is 190 g/mol. The average molecular weight is 195 g/mol. The van der Waals surface area contributed by atoms with E-state index in [2.05, 4.69) is 5.73 Å². The first-order valence-electron chi connectivity index (χ1n) is 2.32. The highest BCUT2D eigenvalue weighted by atomic mass is 32.2. The Balaban J connectivity index is 4.67. The quantitative estimate of drug-likeness (QED) is 0.506. The second-order valence-corrected chi connectivity index (χ2v) is 2.69. The van der Waals surface area contributed by atoms with E-state index >= 15 is 0 Å². The zero-order valence-corrected chi connectivity index (χ0v) is 5.88. The van der Waals surface area contributed by atoms with E-state index < -0.39 is 28.8 Å². The summed E-state index contributed by atoms with van der Waals surface area (Å²) >= 11 is -3.91. The predicted molar refractivity (Wildman–Crippen MR) is 29.7 cm³/mol. The second kappa shape index (κ2) is 3.03. The molecule has 0 saturated heterocycles. The van der Waals surface area contributed by atoms with E-state index in [9.17, 15) is 21.8 Å². The topological polar surface area (TPSA) is 63.3 Å². The van der Waals surface area contributed by atoms with Crippen LogP contribution in [0.5, 0.6) is 0 Å². The highest BCUT2D eigenvalue weighted by Crippen LogP contribution is 2.35. The Morgan fingerprint density at radius 2 is 1.73 bits per heavy atom. The van der Waals surface area contributed by atoms with E-state index in [1.54, 1.807) is 0 Å². The third-order valence-corrected chi connectivity index (χ3v) is 1.64. The van der Waals surface area contributed by atoms with E-state index in [0.717, 1.165) is 0 Å². The lowest BCUT2D eigenvalue weighted by Crippen LogP contribution is -2.48. The molecule has 0 fully saturated rings. The highest BCUT2D eigenvalue weighted by Gasteiger charge is 2.60. The van der Waals surface area contributed by atoms with Crippen molar-refractivity contribution in [3.05, 3.63) is 0 Å². The lowest BCUT2D eigenvalue weighted by atomic mass is 10.3. The van der Waals surface area contributed by atoms with Gasteiger partial charge >= 0.3 is 11.2 Å². The Hall–Kier alpha value is -0.210. The molecule has 0 aliphatic heterocycles. The van der Waals surface area contributed by atoms with Crippen LogP contribution in [0.1, 0.15) is 0 Å². The van der Waals surface area contributed by atoms with Gasteiger partial charge in [0.2, 0.25) is 11.1 Å². The van der Waals surface area contributed by atoms with Crippen molar-refractivity contribution >= 4 is 11.1 Å². The molecule has 0 aliphatic carbocycles. The maximum Gasteiger partial charge on any atom is 0.407 e. The molecule has 8 heteroatoms. The van der Waals surface area contributed by atoms with Crippen LogP contribution in [0.15, 0.2) is 0 Å². The molecule has 11 heavy (non-hydrogen) atoms. The van der Waals surface area contributed by atoms with Gasteiger partial charge in [-0.25, -0.2) is 4.21 Å². The van der Waals surface area contributed by atoms with Crippen molar-refractivity contribution in [2.45, 2.75) is 11.2 Å². The summed E-state index contributed by atoms with van der Waals surface area (Å²) < 4.78 is 65.2. The molecular formula is C3H5F4NO2S. The van der Waals surface area contributed by atoms with Crippen molar-refractivity contribution in [3.63, 3.8) is 0 Å². The summed E-state index contributed by atoms with van der Waals surface area (Å²) in [5, 5.41) is -4.98. The van der Waals surface area contributed by atoms with Gasteiger partial charge in [-0.2, -0.15) is 17.6 Å². The minimum absolute atomic E-state index is 1.67. The van der Waals surface area contributed by atoms with Crippen molar-refractivity contribution in [1.29, 1.82) is 0 Å². The van der Waals surface area contributed by atoms with Crippen molar-refractivity contribution in [1.82, 2.24) is 0 Å². The van der Waals surface area contributed by atoms with Crippen LogP contribution < -0.4 is 5.73 Å². The molecule has 1 atom stereocenters. The van der Waals surface area contributed by atoms with E-state index in [1.165, 1.54) is 0 Å². The molecule has 0 spiro atoms. The molecule has 3 nitrogen and oxygen atoms in total. The Kier molecular flexibility index (Phi) is 2.98. The first-order valence-corrected chi connectivity index (χ1v) is 3.43. The van der Waals surface area contributed by atoms with Crippen LogP contribution in [-0.4, -0.2) is 26.5 Å². The summed E-state index contributed by atoms with van der Waals surface area (Å²) in [4.78, 5) is 0. The minimum atomic E-state index is -4.98. The number of hydrogen-bond acceptors (Lipinski definition) is 2. The SMILES string of the molecule is NCC(F)(F)C(F)(F)S(=O)O. The molecule has 0 heterocycles. The van der Waals surface area contributed by atoms with Crippen molar-refractivity contribution in [2.24, 2.45) is 5.73 Å². The van der Waals surface area contributed by atoms with Gasteiger partial charge in [-0.1, -0.05) is 0 Å². The largest absolute Gasteiger partial charge is 0.407 e. The van der Waals surface area contributed by atoms with Gasteiger partial charge in [-0.05, 0) is 0 Å². The molecule has 0 aromatic carbocycles. The van der Waals surface area contributed by atoms with Gasteiger partial charge in [0.15, 0.2) is 0 Å². The molecule has 0 radical (unpaired) electrons. The molecule has 0 aromatic rings. The summed E-state index contributed by atoms with van der Waals surface area (Å²) in [7, 11) is 0. The Bertz CT molecular complexity index is 173. The monoisotopic (exact) mass is 195 g/mol. The summed E-state index contributed by atoms with van der Waals surface area (Å²) in [5.41, 5.74) is 4.25. The van der Waals surface area contributed by atoms with Crippen LogP contribution in [0.25, 0.3) is 0 Å². The van der Waals surface area contributed by atoms with Crippen LogP contribution in [0.4, 0.5) is 17.6 Å². The van der Waals surface area contributed by atoms with Crippen LogP contribution in [0, 0.1) is 0 Å². The minimum Gasteiger partial charge on any atom is -0.325 e. The Morgan fingerprint density at radius 3 is 1.82 bits per heavy atom. The normalized spacial score (nSPS) is 16.5. The zero-order chi connectivity index (χ0) is 9.28. The summed E-state index contributed by atoms with van der Waals surface area (Å²) in [6, 6.07) is 0. The Morgan fingerprint density at radius 1 is 1.36 bits per heavy atom. The molecule has 3 N–H and O–H groups in total. The van der Waals surface area contributed by atoms with Gasteiger partial charge in [-0.15, -0.1) is 0 Å². The molecule has 0 amide bonds. The van der Waals surface area contributed by atoms with Crippen molar-refractivity contribution in [3.8, 4) is 0 Å². The number of alkyl halides is 4. The third-order valence-electron chi connectivity index (χ3n) is 0.901. The number of hydrogen-bond donors (Lipinski definition) is 2. The maximum atomic E-state index is 12.0. The molecule has 0 aliphatic rings. The molecule has 1 unspecified atom stereocenters. The molecule has 0 bridgehead atoms. The number of nitrogens with two attached hydrogens (primary N) is 1. The fraction of sp³-hybridized carbons (Fsp3) is 1.00. The summed E-state index contributed by atoms with van der Waals surface area (Å²) in [6.45, 7) is -1.67. The van der Waals surface area contributed by atoms with Gasteiger partial charge in [0.05, 0.1) is 6.54 Å². The molecule has 0 saturated carbocycles. The fourth-order valence-corrected chi connectivity index (χ4v) is 0.585. The van der Waals surface area contributed by atoms with E-state index in [0.29, 0.717) is 0 Å².